The van der Waals surface area contributed by atoms with Gasteiger partial charge in [-0.2, -0.15) is 0 Å². The zero-order valence-corrected chi connectivity index (χ0v) is 8.56. The van der Waals surface area contributed by atoms with Crippen LogP contribution in [0.1, 0.15) is 46.5 Å². The average molecular weight is 164 g/mol. The molecule has 0 heteroatoms. The SMILES string of the molecule is CCCCC1(C)C=CC(C)=CC1. The van der Waals surface area contributed by atoms with Crippen molar-refractivity contribution in [3.63, 3.8) is 0 Å². The van der Waals surface area contributed by atoms with Gasteiger partial charge in [0.2, 0.25) is 0 Å². The third kappa shape index (κ3) is 2.51. The summed E-state index contributed by atoms with van der Waals surface area (Å²) >= 11 is 0. The zero-order chi connectivity index (χ0) is 9.03. The van der Waals surface area contributed by atoms with Gasteiger partial charge in [-0.05, 0) is 25.2 Å². The van der Waals surface area contributed by atoms with Crippen LogP contribution in [0.2, 0.25) is 0 Å². The normalized spacial score (nSPS) is 28.8. The molecule has 0 heterocycles. The van der Waals surface area contributed by atoms with E-state index in [9.17, 15) is 0 Å². The van der Waals surface area contributed by atoms with E-state index in [0.29, 0.717) is 5.41 Å². The van der Waals surface area contributed by atoms with Crippen LogP contribution in [0.4, 0.5) is 0 Å². The van der Waals surface area contributed by atoms with Crippen LogP contribution >= 0.6 is 0 Å². The molecule has 68 valence electrons. The molecule has 1 atom stereocenters. The van der Waals surface area contributed by atoms with Gasteiger partial charge < -0.3 is 0 Å². The topological polar surface area (TPSA) is 0 Å². The van der Waals surface area contributed by atoms with Gasteiger partial charge in [0, 0.05) is 0 Å². The third-order valence-electron chi connectivity index (χ3n) is 2.74. The van der Waals surface area contributed by atoms with E-state index in [2.05, 4.69) is 39.0 Å². The van der Waals surface area contributed by atoms with Crippen LogP contribution in [0.5, 0.6) is 0 Å². The van der Waals surface area contributed by atoms with Crippen LogP contribution < -0.4 is 0 Å². The van der Waals surface area contributed by atoms with Crippen molar-refractivity contribution in [3.05, 3.63) is 23.8 Å². The molecule has 0 N–H and O–H groups in total. The highest BCUT2D eigenvalue weighted by molar-refractivity contribution is 5.24. The lowest BCUT2D eigenvalue weighted by molar-refractivity contribution is 0.377. The van der Waals surface area contributed by atoms with Gasteiger partial charge in [-0.1, -0.05) is 50.5 Å². The average Bonchev–Trinajstić information content (AvgIpc) is 2.08. The van der Waals surface area contributed by atoms with Gasteiger partial charge in [-0.25, -0.2) is 0 Å². The van der Waals surface area contributed by atoms with E-state index < -0.39 is 0 Å². The molecule has 0 spiro atoms. The summed E-state index contributed by atoms with van der Waals surface area (Å²) in [6.45, 7) is 6.80. The highest BCUT2D eigenvalue weighted by atomic mass is 14.2. The highest BCUT2D eigenvalue weighted by Crippen LogP contribution is 2.34. The first-order valence-corrected chi connectivity index (χ1v) is 5.02. The Kier molecular flexibility index (Phi) is 3.13. The molecular formula is C12H20. The number of rotatable bonds is 3. The maximum atomic E-state index is 2.39. The van der Waals surface area contributed by atoms with Crippen molar-refractivity contribution in [2.24, 2.45) is 5.41 Å². The molecular weight excluding hydrogens is 144 g/mol. The summed E-state index contributed by atoms with van der Waals surface area (Å²) in [5, 5.41) is 0. The molecule has 1 aliphatic rings. The summed E-state index contributed by atoms with van der Waals surface area (Å²) in [7, 11) is 0. The fourth-order valence-corrected chi connectivity index (χ4v) is 1.63. The fourth-order valence-electron chi connectivity index (χ4n) is 1.63. The van der Waals surface area contributed by atoms with Crippen molar-refractivity contribution >= 4 is 0 Å². The highest BCUT2D eigenvalue weighted by Gasteiger charge is 2.20. The molecule has 0 aromatic rings. The van der Waals surface area contributed by atoms with Crippen molar-refractivity contribution in [2.75, 3.05) is 0 Å². The van der Waals surface area contributed by atoms with Crippen molar-refractivity contribution < 1.29 is 0 Å². The molecule has 1 aliphatic carbocycles. The Bertz CT molecular complexity index is 198. The summed E-state index contributed by atoms with van der Waals surface area (Å²) in [5.74, 6) is 0. The van der Waals surface area contributed by atoms with Crippen LogP contribution in [-0.2, 0) is 0 Å². The van der Waals surface area contributed by atoms with Crippen LogP contribution in [0.25, 0.3) is 0 Å². The van der Waals surface area contributed by atoms with Gasteiger partial charge in [0.15, 0.2) is 0 Å². The number of hydrogen-bond donors (Lipinski definition) is 0. The molecule has 12 heavy (non-hydrogen) atoms. The number of allylic oxidation sites excluding steroid dienone is 4. The molecule has 0 nitrogen and oxygen atoms in total. The van der Waals surface area contributed by atoms with Gasteiger partial charge in [-0.3, -0.25) is 0 Å². The monoisotopic (exact) mass is 164 g/mol. The molecule has 0 fully saturated rings. The van der Waals surface area contributed by atoms with E-state index in [4.69, 9.17) is 0 Å². The molecule has 1 unspecified atom stereocenters. The summed E-state index contributed by atoms with van der Waals surface area (Å²) in [6.07, 6.45) is 12.2. The van der Waals surface area contributed by atoms with E-state index in [1.807, 2.05) is 0 Å². The zero-order valence-electron chi connectivity index (χ0n) is 8.56. The van der Waals surface area contributed by atoms with E-state index in [1.165, 1.54) is 31.3 Å². The van der Waals surface area contributed by atoms with Crippen LogP contribution in [0, 0.1) is 5.41 Å². The Hall–Kier alpha value is -0.520. The molecule has 0 amide bonds. The van der Waals surface area contributed by atoms with Gasteiger partial charge in [0.1, 0.15) is 0 Å². The minimum absolute atomic E-state index is 0.454. The summed E-state index contributed by atoms with van der Waals surface area (Å²) in [6, 6.07) is 0. The fraction of sp³-hybridized carbons (Fsp3) is 0.667. The maximum absolute atomic E-state index is 2.39. The van der Waals surface area contributed by atoms with Crippen molar-refractivity contribution in [1.82, 2.24) is 0 Å². The van der Waals surface area contributed by atoms with E-state index in [0.717, 1.165) is 0 Å². The largest absolute Gasteiger partial charge is 0.0808 e. The van der Waals surface area contributed by atoms with E-state index in [-0.39, 0.29) is 0 Å². The molecule has 0 bridgehead atoms. The summed E-state index contributed by atoms with van der Waals surface area (Å²) < 4.78 is 0. The molecule has 0 aromatic heterocycles. The predicted octanol–water partition coefficient (Wildman–Crippen LogP) is 4.09. The molecule has 0 saturated carbocycles. The first-order chi connectivity index (χ1) is 5.66. The smallest absolute Gasteiger partial charge is 0.0109 e. The van der Waals surface area contributed by atoms with Gasteiger partial charge in [0.25, 0.3) is 0 Å². The standard InChI is InChI=1S/C12H20/c1-4-5-8-12(3)9-6-11(2)7-10-12/h6-7,9H,4-5,8,10H2,1-3H3. The Balaban J connectivity index is 2.47. The predicted molar refractivity (Wildman–Crippen MR) is 55.1 cm³/mol. The Morgan fingerprint density at radius 3 is 2.75 bits per heavy atom. The van der Waals surface area contributed by atoms with Crippen LogP contribution in [0.3, 0.4) is 0 Å². The van der Waals surface area contributed by atoms with Crippen LogP contribution in [0.15, 0.2) is 23.8 Å². The van der Waals surface area contributed by atoms with Crippen molar-refractivity contribution in [3.8, 4) is 0 Å². The molecule has 0 radical (unpaired) electrons. The molecule has 0 saturated heterocycles. The third-order valence-corrected chi connectivity index (χ3v) is 2.74. The van der Waals surface area contributed by atoms with Crippen molar-refractivity contribution in [2.45, 2.75) is 46.5 Å². The van der Waals surface area contributed by atoms with Gasteiger partial charge >= 0.3 is 0 Å². The lowest BCUT2D eigenvalue weighted by Gasteiger charge is -2.27. The molecule has 1 rings (SSSR count). The maximum Gasteiger partial charge on any atom is -0.0109 e. The number of hydrogen-bond acceptors (Lipinski definition) is 0. The van der Waals surface area contributed by atoms with Gasteiger partial charge in [-0.15, -0.1) is 0 Å². The minimum Gasteiger partial charge on any atom is -0.0808 e. The van der Waals surface area contributed by atoms with E-state index >= 15 is 0 Å². The van der Waals surface area contributed by atoms with Gasteiger partial charge in [0.05, 0.1) is 0 Å². The minimum atomic E-state index is 0.454. The number of unbranched alkanes of at least 4 members (excludes halogenated alkanes) is 1. The summed E-state index contributed by atoms with van der Waals surface area (Å²) in [5.41, 5.74) is 1.87. The summed E-state index contributed by atoms with van der Waals surface area (Å²) in [4.78, 5) is 0. The molecule has 0 aliphatic heterocycles. The van der Waals surface area contributed by atoms with Crippen LogP contribution in [-0.4, -0.2) is 0 Å². The Morgan fingerprint density at radius 1 is 1.50 bits per heavy atom. The second kappa shape index (κ2) is 3.93. The first kappa shape index (κ1) is 9.57. The molecule has 0 aromatic carbocycles. The first-order valence-electron chi connectivity index (χ1n) is 5.02. The second-order valence-electron chi connectivity index (χ2n) is 4.24. The lowest BCUT2D eigenvalue weighted by atomic mass is 9.78. The quantitative estimate of drug-likeness (QED) is 0.589. The van der Waals surface area contributed by atoms with Crippen molar-refractivity contribution in [1.29, 1.82) is 0 Å². The second-order valence-corrected chi connectivity index (χ2v) is 4.24. The van der Waals surface area contributed by atoms with E-state index in [1.54, 1.807) is 0 Å². The Morgan fingerprint density at radius 2 is 2.25 bits per heavy atom. The Labute approximate surface area is 76.4 Å². The lowest BCUT2D eigenvalue weighted by Crippen LogP contribution is -2.14.